The summed E-state index contributed by atoms with van der Waals surface area (Å²) >= 11 is 0. The quantitative estimate of drug-likeness (QED) is 0.588. The molecule has 0 unspecified atom stereocenters. The lowest BCUT2D eigenvalue weighted by atomic mass is 10.0. The molecule has 1 fully saturated rings. The molecule has 2 aromatic heterocycles. The molecule has 0 bridgehead atoms. The summed E-state index contributed by atoms with van der Waals surface area (Å²) in [5.41, 5.74) is 3.67. The molecule has 3 heterocycles. The molecule has 4 rings (SSSR count). The number of rotatable bonds is 5. The Hall–Kier alpha value is -3.59. The number of ether oxygens (including phenoxy) is 2. The number of anilines is 1. The monoisotopic (exact) mass is 448 g/mol. The lowest BCUT2D eigenvalue weighted by molar-refractivity contribution is -0.0245. The molecule has 33 heavy (non-hydrogen) atoms. The Morgan fingerprint density at radius 2 is 2.00 bits per heavy atom. The largest absolute Gasteiger partial charge is 0.497 e. The zero-order valence-electron chi connectivity index (χ0n) is 19.6. The van der Waals surface area contributed by atoms with Crippen LogP contribution in [0, 0.1) is 13.8 Å². The summed E-state index contributed by atoms with van der Waals surface area (Å²) in [7, 11) is 5.42. The summed E-state index contributed by atoms with van der Waals surface area (Å²) in [6, 6.07) is 7.74. The number of amides is 1. The van der Waals surface area contributed by atoms with E-state index in [1.165, 1.54) is 0 Å². The number of methoxy groups -OCH3 is 1. The molecule has 1 aromatic carbocycles. The van der Waals surface area contributed by atoms with E-state index in [0.717, 1.165) is 22.6 Å². The van der Waals surface area contributed by atoms with Crippen molar-refractivity contribution in [2.75, 3.05) is 45.8 Å². The maximum absolute atomic E-state index is 13.3. The molecule has 0 radical (unpaired) electrons. The van der Waals surface area contributed by atoms with E-state index in [9.17, 15) is 4.79 Å². The molecule has 1 aliphatic heterocycles. The van der Waals surface area contributed by atoms with Gasteiger partial charge >= 0.3 is 0 Å². The van der Waals surface area contributed by atoms with Crippen molar-refractivity contribution in [1.29, 1.82) is 0 Å². The summed E-state index contributed by atoms with van der Waals surface area (Å²) in [6.45, 7) is 4.90. The van der Waals surface area contributed by atoms with Gasteiger partial charge in [0, 0.05) is 38.6 Å². The van der Waals surface area contributed by atoms with Crippen LogP contribution in [0.4, 0.5) is 5.95 Å². The highest BCUT2D eigenvalue weighted by Crippen LogP contribution is 2.33. The van der Waals surface area contributed by atoms with E-state index >= 15 is 0 Å². The Morgan fingerprint density at radius 3 is 2.73 bits per heavy atom. The summed E-state index contributed by atoms with van der Waals surface area (Å²) in [4.78, 5) is 34.7. The fourth-order valence-corrected chi connectivity index (χ4v) is 3.82. The van der Waals surface area contributed by atoms with Crippen molar-refractivity contribution in [3.05, 3.63) is 59.4 Å². The minimum atomic E-state index is -0.405. The van der Waals surface area contributed by atoms with Crippen LogP contribution in [0.5, 0.6) is 5.75 Å². The summed E-state index contributed by atoms with van der Waals surface area (Å²) in [5, 5.41) is 0. The number of hydrogen-bond acceptors (Lipinski definition) is 8. The van der Waals surface area contributed by atoms with Crippen molar-refractivity contribution in [3.8, 4) is 16.9 Å². The van der Waals surface area contributed by atoms with Crippen molar-refractivity contribution in [2.24, 2.45) is 0 Å². The lowest BCUT2D eigenvalue weighted by Crippen LogP contribution is -2.43. The van der Waals surface area contributed by atoms with E-state index in [-0.39, 0.29) is 5.91 Å². The van der Waals surface area contributed by atoms with Crippen LogP contribution in [0.2, 0.25) is 0 Å². The fourth-order valence-electron chi connectivity index (χ4n) is 3.82. The van der Waals surface area contributed by atoms with Crippen LogP contribution in [0.3, 0.4) is 0 Å². The third-order valence-electron chi connectivity index (χ3n) is 5.58. The van der Waals surface area contributed by atoms with Crippen molar-refractivity contribution in [2.45, 2.75) is 20.0 Å². The Bertz CT molecular complexity index is 1170. The Balaban J connectivity index is 1.69. The zero-order chi connectivity index (χ0) is 23.5. The highest BCUT2D eigenvalue weighted by Gasteiger charge is 2.30. The smallest absolute Gasteiger partial charge is 0.257 e. The highest BCUT2D eigenvalue weighted by atomic mass is 16.5. The molecule has 0 spiro atoms. The molecular weight excluding hydrogens is 420 g/mol. The minimum absolute atomic E-state index is 0.106. The average Bonchev–Trinajstić information content (AvgIpc) is 2.83. The van der Waals surface area contributed by atoms with E-state index in [2.05, 4.69) is 15.0 Å². The topological polar surface area (TPSA) is 93.6 Å². The van der Waals surface area contributed by atoms with E-state index in [1.807, 2.05) is 57.1 Å². The van der Waals surface area contributed by atoms with Crippen LogP contribution in [0.1, 0.15) is 33.7 Å². The average molecular weight is 449 g/mol. The number of morpholine rings is 1. The highest BCUT2D eigenvalue weighted by molar-refractivity contribution is 5.95. The fraction of sp³-hybridized carbons (Fsp3) is 0.375. The number of aryl methyl sites for hydroxylation is 2. The maximum atomic E-state index is 13.3. The minimum Gasteiger partial charge on any atom is -0.497 e. The second-order valence-corrected chi connectivity index (χ2v) is 8.12. The molecule has 172 valence electrons. The van der Waals surface area contributed by atoms with Crippen molar-refractivity contribution in [3.63, 3.8) is 0 Å². The van der Waals surface area contributed by atoms with Crippen molar-refractivity contribution in [1.82, 2.24) is 24.8 Å². The lowest BCUT2D eigenvalue weighted by Gasteiger charge is -2.33. The van der Waals surface area contributed by atoms with Gasteiger partial charge in [-0.1, -0.05) is 12.1 Å². The van der Waals surface area contributed by atoms with Gasteiger partial charge in [0.15, 0.2) is 0 Å². The van der Waals surface area contributed by atoms with Crippen molar-refractivity contribution >= 4 is 11.9 Å². The number of nitrogens with zero attached hydrogens (tertiary/aromatic N) is 6. The predicted octanol–water partition coefficient (Wildman–Crippen LogP) is 2.84. The number of hydrogen-bond donors (Lipinski definition) is 0. The van der Waals surface area contributed by atoms with Gasteiger partial charge in [0.05, 0.1) is 37.2 Å². The standard InChI is InChI=1S/C24H28N6O3/c1-15-19(12-25-16(2)27-15)23(31)30-9-10-33-21(14-30)22-20(13-26-24(28-22)29(3)4)17-7-6-8-18(11-17)32-5/h6-8,11-13,21H,9-10,14H2,1-5H3/t21-/m1/s1. The molecule has 0 N–H and O–H groups in total. The first-order valence-electron chi connectivity index (χ1n) is 10.8. The zero-order valence-corrected chi connectivity index (χ0v) is 19.6. The van der Waals surface area contributed by atoms with Crippen molar-refractivity contribution < 1.29 is 14.3 Å². The van der Waals surface area contributed by atoms with Gasteiger partial charge in [-0.2, -0.15) is 0 Å². The molecule has 9 heteroatoms. The van der Waals surface area contributed by atoms with E-state index in [4.69, 9.17) is 14.5 Å². The second kappa shape index (κ2) is 9.50. The van der Waals surface area contributed by atoms with Gasteiger partial charge in [-0.15, -0.1) is 0 Å². The van der Waals surface area contributed by atoms with Gasteiger partial charge in [0.25, 0.3) is 5.91 Å². The molecule has 1 aliphatic rings. The van der Waals surface area contributed by atoms with Crippen LogP contribution >= 0.6 is 0 Å². The first-order valence-corrected chi connectivity index (χ1v) is 10.8. The molecule has 0 aliphatic carbocycles. The first-order chi connectivity index (χ1) is 15.9. The van der Waals surface area contributed by atoms with Gasteiger partial charge in [0.2, 0.25) is 5.95 Å². The number of carbonyl (C=O) groups excluding carboxylic acids is 1. The van der Waals surface area contributed by atoms with Crippen LogP contribution in [0.15, 0.2) is 36.7 Å². The Labute approximate surface area is 193 Å². The molecule has 1 atom stereocenters. The summed E-state index contributed by atoms with van der Waals surface area (Å²) in [5.74, 6) is 1.85. The Morgan fingerprint density at radius 1 is 1.18 bits per heavy atom. The molecule has 9 nitrogen and oxygen atoms in total. The molecule has 1 amide bonds. The predicted molar refractivity (Wildman–Crippen MR) is 124 cm³/mol. The van der Waals surface area contributed by atoms with Crippen LogP contribution in [0.25, 0.3) is 11.1 Å². The SMILES string of the molecule is COc1cccc(-c2cnc(N(C)C)nc2[C@H]2CN(C(=O)c3cnc(C)nc3C)CCO2)c1. The second-order valence-electron chi connectivity index (χ2n) is 8.12. The first kappa shape index (κ1) is 22.6. The van der Waals surface area contributed by atoms with E-state index in [0.29, 0.717) is 42.7 Å². The van der Waals surface area contributed by atoms with Gasteiger partial charge in [-0.25, -0.2) is 19.9 Å². The summed E-state index contributed by atoms with van der Waals surface area (Å²) < 4.78 is 11.5. The van der Waals surface area contributed by atoms with Crippen LogP contribution < -0.4 is 9.64 Å². The number of carbonyl (C=O) groups is 1. The third-order valence-corrected chi connectivity index (χ3v) is 5.58. The van der Waals surface area contributed by atoms with Gasteiger partial charge in [0.1, 0.15) is 17.7 Å². The van der Waals surface area contributed by atoms with Gasteiger partial charge in [-0.3, -0.25) is 4.79 Å². The van der Waals surface area contributed by atoms with Crippen LogP contribution in [-0.4, -0.2) is 71.6 Å². The molecule has 3 aromatic rings. The van der Waals surface area contributed by atoms with Gasteiger partial charge < -0.3 is 19.3 Å². The number of aromatic nitrogens is 4. The molecular formula is C24H28N6O3. The Kier molecular flexibility index (Phi) is 6.50. The molecule has 1 saturated heterocycles. The van der Waals surface area contributed by atoms with Crippen LogP contribution in [-0.2, 0) is 4.74 Å². The number of benzene rings is 1. The van der Waals surface area contributed by atoms with Gasteiger partial charge in [-0.05, 0) is 31.5 Å². The molecule has 0 saturated carbocycles. The summed E-state index contributed by atoms with van der Waals surface area (Å²) in [6.07, 6.45) is 2.99. The maximum Gasteiger partial charge on any atom is 0.257 e. The normalized spacial score (nSPS) is 15.9. The van der Waals surface area contributed by atoms with E-state index in [1.54, 1.807) is 24.4 Å². The third kappa shape index (κ3) is 4.78. The van der Waals surface area contributed by atoms with E-state index < -0.39 is 6.10 Å².